The molecule has 0 saturated carbocycles. The number of benzene rings is 2. The molecule has 0 atom stereocenters. The molecule has 8 nitrogen and oxygen atoms in total. The Morgan fingerprint density at radius 1 is 1.09 bits per heavy atom. The second-order valence-electron chi connectivity index (χ2n) is 6.88. The standard InChI is InChI=1S/C23H23NO7S/c1-29-11-3-10-24-21(25)20(32-23(24)28)13-16-6-9-18(19(12-16)30-2)31-14-15-4-7-17(8-5-15)22(26)27/h4-9,12-13H,3,10-11,14H2,1-2H3,(H,26,27)/b20-13+. The summed E-state index contributed by atoms with van der Waals surface area (Å²) in [4.78, 5) is 37.2. The minimum absolute atomic E-state index is 0.207. The number of hydrogen-bond donors (Lipinski definition) is 1. The van der Waals surface area contributed by atoms with Crippen LogP contribution in [0.5, 0.6) is 11.5 Å². The second kappa shape index (κ2) is 10.8. The number of carbonyl (C=O) groups excluding carboxylic acids is 2. The molecule has 32 heavy (non-hydrogen) atoms. The Balaban J connectivity index is 1.69. The summed E-state index contributed by atoms with van der Waals surface area (Å²) in [6.45, 7) is 1.03. The van der Waals surface area contributed by atoms with Crippen molar-refractivity contribution in [3.63, 3.8) is 0 Å². The zero-order chi connectivity index (χ0) is 23.1. The highest BCUT2D eigenvalue weighted by molar-refractivity contribution is 8.18. The summed E-state index contributed by atoms with van der Waals surface area (Å²) in [5.74, 6) is -0.331. The number of amides is 2. The molecule has 168 valence electrons. The van der Waals surface area contributed by atoms with Crippen molar-refractivity contribution < 1.29 is 33.7 Å². The second-order valence-corrected chi connectivity index (χ2v) is 7.87. The lowest BCUT2D eigenvalue weighted by Crippen LogP contribution is -2.29. The summed E-state index contributed by atoms with van der Waals surface area (Å²) in [6, 6.07) is 11.6. The molecule has 1 aliphatic heterocycles. The summed E-state index contributed by atoms with van der Waals surface area (Å²) in [5, 5.41) is 8.68. The molecular formula is C23H23NO7S. The van der Waals surface area contributed by atoms with Crippen LogP contribution in [-0.4, -0.2) is 54.5 Å². The maximum atomic E-state index is 12.5. The number of rotatable bonds is 10. The minimum Gasteiger partial charge on any atom is -0.493 e. The highest BCUT2D eigenvalue weighted by Gasteiger charge is 2.34. The first-order chi connectivity index (χ1) is 15.4. The van der Waals surface area contributed by atoms with Gasteiger partial charge in [-0.3, -0.25) is 14.5 Å². The lowest BCUT2D eigenvalue weighted by molar-refractivity contribution is -0.122. The maximum Gasteiger partial charge on any atom is 0.335 e. The molecule has 0 aliphatic carbocycles. The number of aromatic carboxylic acids is 1. The number of hydrogen-bond acceptors (Lipinski definition) is 7. The Bertz CT molecular complexity index is 1030. The van der Waals surface area contributed by atoms with Gasteiger partial charge in [0, 0.05) is 20.3 Å². The van der Waals surface area contributed by atoms with Crippen molar-refractivity contribution >= 4 is 35.0 Å². The van der Waals surface area contributed by atoms with Crippen LogP contribution in [-0.2, 0) is 16.1 Å². The van der Waals surface area contributed by atoms with Crippen molar-refractivity contribution in [2.45, 2.75) is 13.0 Å². The lowest BCUT2D eigenvalue weighted by Gasteiger charge is -2.12. The first-order valence-electron chi connectivity index (χ1n) is 9.80. The van der Waals surface area contributed by atoms with Gasteiger partial charge in [0.15, 0.2) is 11.5 Å². The molecular weight excluding hydrogens is 434 g/mol. The summed E-state index contributed by atoms with van der Waals surface area (Å²) in [6.07, 6.45) is 2.23. The summed E-state index contributed by atoms with van der Waals surface area (Å²) >= 11 is 0.907. The Morgan fingerprint density at radius 3 is 2.50 bits per heavy atom. The van der Waals surface area contributed by atoms with Gasteiger partial charge in [-0.25, -0.2) is 4.79 Å². The quantitative estimate of drug-likeness (QED) is 0.421. The number of nitrogens with zero attached hydrogens (tertiary/aromatic N) is 1. The van der Waals surface area contributed by atoms with Crippen LogP contribution in [0.3, 0.4) is 0 Å². The molecule has 0 radical (unpaired) electrons. The fourth-order valence-electron chi connectivity index (χ4n) is 3.01. The van der Waals surface area contributed by atoms with E-state index in [0.717, 1.165) is 17.3 Å². The third-order valence-corrected chi connectivity index (χ3v) is 5.59. The molecule has 0 spiro atoms. The highest BCUT2D eigenvalue weighted by Crippen LogP contribution is 2.34. The van der Waals surface area contributed by atoms with Crippen LogP contribution in [0.15, 0.2) is 47.4 Å². The van der Waals surface area contributed by atoms with Crippen LogP contribution < -0.4 is 9.47 Å². The van der Waals surface area contributed by atoms with Gasteiger partial charge in [-0.05, 0) is 59.7 Å². The Morgan fingerprint density at radius 2 is 1.84 bits per heavy atom. The molecule has 1 N–H and O–H groups in total. The van der Waals surface area contributed by atoms with Crippen LogP contribution in [0.25, 0.3) is 6.08 Å². The Hall–Kier alpha value is -3.30. The molecule has 9 heteroatoms. The number of ether oxygens (including phenoxy) is 3. The van der Waals surface area contributed by atoms with E-state index < -0.39 is 5.97 Å². The fourth-order valence-corrected chi connectivity index (χ4v) is 3.87. The largest absolute Gasteiger partial charge is 0.493 e. The van der Waals surface area contributed by atoms with Crippen LogP contribution in [0.2, 0.25) is 0 Å². The van der Waals surface area contributed by atoms with Gasteiger partial charge in [0.1, 0.15) is 6.61 Å². The molecule has 1 aliphatic rings. The number of methoxy groups -OCH3 is 2. The van der Waals surface area contributed by atoms with Crippen LogP contribution in [0.1, 0.15) is 27.9 Å². The zero-order valence-electron chi connectivity index (χ0n) is 17.7. The third-order valence-electron chi connectivity index (χ3n) is 4.68. The maximum absolute atomic E-state index is 12.5. The van der Waals surface area contributed by atoms with Crippen molar-refractivity contribution in [1.82, 2.24) is 4.90 Å². The fraction of sp³-hybridized carbons (Fsp3) is 0.261. The van der Waals surface area contributed by atoms with E-state index in [0.29, 0.717) is 41.5 Å². The van der Waals surface area contributed by atoms with Crippen LogP contribution in [0.4, 0.5) is 4.79 Å². The van der Waals surface area contributed by atoms with E-state index in [2.05, 4.69) is 0 Å². The molecule has 0 unspecified atom stereocenters. The van der Waals surface area contributed by atoms with Crippen molar-refractivity contribution in [3.8, 4) is 11.5 Å². The molecule has 1 saturated heterocycles. The monoisotopic (exact) mass is 457 g/mol. The first kappa shape index (κ1) is 23.4. The van der Waals surface area contributed by atoms with E-state index in [1.54, 1.807) is 43.5 Å². The molecule has 1 fully saturated rings. The molecule has 2 amide bonds. The summed E-state index contributed by atoms with van der Waals surface area (Å²) in [5.41, 5.74) is 1.71. The number of carboxylic acid groups (broad SMARTS) is 1. The van der Waals surface area contributed by atoms with E-state index in [-0.39, 0.29) is 23.3 Å². The average Bonchev–Trinajstić information content (AvgIpc) is 3.05. The summed E-state index contributed by atoms with van der Waals surface area (Å²) in [7, 11) is 3.08. The predicted molar refractivity (Wildman–Crippen MR) is 120 cm³/mol. The molecule has 1 heterocycles. The Labute approximate surface area is 189 Å². The number of carbonyl (C=O) groups is 3. The highest BCUT2D eigenvalue weighted by atomic mass is 32.2. The van der Waals surface area contributed by atoms with Crippen molar-refractivity contribution in [2.75, 3.05) is 27.4 Å². The van der Waals surface area contributed by atoms with Gasteiger partial charge < -0.3 is 19.3 Å². The van der Waals surface area contributed by atoms with E-state index in [1.165, 1.54) is 24.1 Å². The van der Waals surface area contributed by atoms with Gasteiger partial charge in [-0.15, -0.1) is 0 Å². The summed E-state index contributed by atoms with van der Waals surface area (Å²) < 4.78 is 16.2. The minimum atomic E-state index is -0.984. The normalized spacial score (nSPS) is 14.8. The van der Waals surface area contributed by atoms with E-state index in [9.17, 15) is 14.4 Å². The van der Waals surface area contributed by atoms with Crippen molar-refractivity contribution in [3.05, 3.63) is 64.1 Å². The van der Waals surface area contributed by atoms with E-state index in [1.807, 2.05) is 0 Å². The average molecular weight is 458 g/mol. The van der Waals surface area contributed by atoms with Gasteiger partial charge in [0.05, 0.1) is 17.6 Å². The lowest BCUT2D eigenvalue weighted by atomic mass is 10.1. The van der Waals surface area contributed by atoms with Crippen LogP contribution >= 0.6 is 11.8 Å². The topological polar surface area (TPSA) is 102 Å². The predicted octanol–water partition coefficient (Wildman–Crippen LogP) is 4.05. The van der Waals surface area contributed by atoms with Crippen molar-refractivity contribution in [2.24, 2.45) is 0 Å². The van der Waals surface area contributed by atoms with Crippen molar-refractivity contribution in [1.29, 1.82) is 0 Å². The van der Waals surface area contributed by atoms with Crippen LogP contribution in [0, 0.1) is 0 Å². The number of thioether (sulfide) groups is 1. The third kappa shape index (κ3) is 5.68. The molecule has 2 aromatic rings. The smallest absolute Gasteiger partial charge is 0.335 e. The zero-order valence-corrected chi connectivity index (χ0v) is 18.5. The number of imide groups is 1. The molecule has 0 bridgehead atoms. The van der Waals surface area contributed by atoms with Gasteiger partial charge >= 0.3 is 5.97 Å². The van der Waals surface area contributed by atoms with Gasteiger partial charge in [-0.2, -0.15) is 0 Å². The van der Waals surface area contributed by atoms with E-state index in [4.69, 9.17) is 19.3 Å². The SMILES string of the molecule is COCCCN1C(=O)S/C(=C/c2ccc(OCc3ccc(C(=O)O)cc3)c(OC)c2)C1=O. The molecule has 2 aromatic carbocycles. The van der Waals surface area contributed by atoms with Gasteiger partial charge in [-0.1, -0.05) is 18.2 Å². The van der Waals surface area contributed by atoms with E-state index >= 15 is 0 Å². The number of carboxylic acids is 1. The Kier molecular flexibility index (Phi) is 7.91. The van der Waals surface area contributed by atoms with Gasteiger partial charge in [0.2, 0.25) is 0 Å². The molecule has 3 rings (SSSR count). The van der Waals surface area contributed by atoms with Gasteiger partial charge in [0.25, 0.3) is 11.1 Å². The molecule has 0 aromatic heterocycles. The first-order valence-corrected chi connectivity index (χ1v) is 10.6.